The van der Waals surface area contributed by atoms with E-state index in [2.05, 4.69) is 79.4 Å². The van der Waals surface area contributed by atoms with Crippen LogP contribution in [0.5, 0.6) is 0 Å². The predicted octanol–water partition coefficient (Wildman–Crippen LogP) is 4.70. The first-order valence-corrected chi connectivity index (χ1v) is 24.5. The van der Waals surface area contributed by atoms with Crippen LogP contribution in [-0.4, -0.2) is 169 Å². The molecule has 0 aliphatic rings. The highest BCUT2D eigenvalue weighted by Gasteiger charge is 2.41. The number of halogens is 3. The van der Waals surface area contributed by atoms with Crippen molar-refractivity contribution < 1.29 is 81.0 Å². The lowest BCUT2D eigenvalue weighted by Gasteiger charge is -2.34. The third-order valence-electron chi connectivity index (χ3n) is 7.81. The molecule has 0 saturated heterocycles. The number of hydrogen-bond acceptors (Lipinski definition) is 17. The molecule has 0 aliphatic carbocycles. The topological polar surface area (TPSA) is 292 Å². The Bertz CT molecular complexity index is 1700. The molecule has 26 heteroatoms. The quantitative estimate of drug-likeness (QED) is 0.0196. The lowest BCUT2D eigenvalue weighted by molar-refractivity contribution is -0.170. The molecule has 0 aromatic heterocycles. The van der Waals surface area contributed by atoms with Gasteiger partial charge in [-0.25, -0.2) is 14.4 Å². The zero-order chi connectivity index (χ0) is 54.4. The van der Waals surface area contributed by atoms with Gasteiger partial charge in [0.2, 0.25) is 17.8 Å². The average molecular weight is 1200 g/mol. The van der Waals surface area contributed by atoms with Crippen LogP contribution < -0.4 is 26.6 Å². The molecule has 0 rings (SSSR count). The van der Waals surface area contributed by atoms with Gasteiger partial charge in [-0.15, -0.1) is 4.99 Å². The zero-order valence-corrected chi connectivity index (χ0v) is 47.8. The lowest BCUT2D eigenvalue weighted by Crippen LogP contribution is -2.55. The molecule has 23 nitrogen and oxygen atoms in total. The van der Waals surface area contributed by atoms with Crippen LogP contribution >= 0.6 is 47.8 Å². The Kier molecular flexibility index (Phi) is 28.0. The molecule has 0 radical (unpaired) electrons. The van der Waals surface area contributed by atoms with Gasteiger partial charge < -0.3 is 63.9 Å². The van der Waals surface area contributed by atoms with E-state index in [-0.39, 0.29) is 52.7 Å². The van der Waals surface area contributed by atoms with E-state index in [4.69, 9.17) is 42.6 Å². The number of amides is 5. The number of carbonyl (C=O) groups is 8. The minimum absolute atomic E-state index is 0.00245. The maximum atomic E-state index is 13.3. The Morgan fingerprint density at radius 3 is 1.33 bits per heavy atom. The van der Waals surface area contributed by atoms with E-state index in [9.17, 15) is 38.4 Å². The van der Waals surface area contributed by atoms with Crippen molar-refractivity contribution in [2.75, 3.05) is 79.1 Å². The zero-order valence-electron chi connectivity index (χ0n) is 43.1. The van der Waals surface area contributed by atoms with Gasteiger partial charge in [-0.1, -0.05) is 47.8 Å². The molecule has 0 heterocycles. The maximum Gasteiger partial charge on any atom is 0.437 e. The summed E-state index contributed by atoms with van der Waals surface area (Å²) < 4.78 is 46.0. The van der Waals surface area contributed by atoms with Crippen molar-refractivity contribution in [2.45, 2.75) is 140 Å². The highest BCUT2D eigenvalue weighted by Crippen LogP contribution is 2.28. The molecule has 70 heavy (non-hydrogen) atoms. The van der Waals surface area contributed by atoms with Crippen molar-refractivity contribution in [3.8, 4) is 0 Å². The van der Waals surface area contributed by atoms with Gasteiger partial charge in [0.1, 0.15) is 62.2 Å². The third-order valence-corrected chi connectivity index (χ3v) is 8.78. The van der Waals surface area contributed by atoms with Crippen molar-refractivity contribution in [3.63, 3.8) is 0 Å². The van der Waals surface area contributed by atoms with Crippen LogP contribution in [0.25, 0.3) is 0 Å². The van der Waals surface area contributed by atoms with Crippen LogP contribution in [-0.2, 0) is 66.6 Å². The fourth-order valence-corrected chi connectivity index (χ4v) is 4.88. The molecule has 5 amide bonds. The SMILES string of the molecule is CC(C)(C)OC(=O)/N=C(\NCC(NC(=O)OC(C)(C)C)C(=O)NCCOCCOCCNC(=O)COCC(COC(=O)C(C)(C)Br)(COC(=O)C(C)(C)Br)COC(=O)C(C)(C)Br)NC(=O)OC(C)(C)C. The molecule has 0 bridgehead atoms. The Morgan fingerprint density at radius 1 is 0.500 bits per heavy atom. The van der Waals surface area contributed by atoms with E-state index >= 15 is 0 Å². The van der Waals surface area contributed by atoms with Crippen LogP contribution in [0.3, 0.4) is 0 Å². The number of nitrogens with zero attached hydrogens (tertiary/aromatic N) is 1. The number of carbonyl (C=O) groups excluding carboxylic acids is 8. The Morgan fingerprint density at radius 2 is 0.914 bits per heavy atom. The van der Waals surface area contributed by atoms with E-state index in [0.29, 0.717) is 0 Å². The molecule has 404 valence electrons. The van der Waals surface area contributed by atoms with Crippen molar-refractivity contribution in [3.05, 3.63) is 0 Å². The summed E-state index contributed by atoms with van der Waals surface area (Å²) in [4.78, 5) is 106. The highest BCUT2D eigenvalue weighted by atomic mass is 79.9. The second-order valence-corrected chi connectivity index (χ2v) is 26.1. The largest absolute Gasteiger partial charge is 0.464 e. The van der Waals surface area contributed by atoms with Crippen molar-refractivity contribution >= 4 is 102 Å². The van der Waals surface area contributed by atoms with Crippen LogP contribution in [0.1, 0.15) is 104 Å². The minimum Gasteiger partial charge on any atom is -0.464 e. The number of esters is 3. The van der Waals surface area contributed by atoms with Gasteiger partial charge in [0, 0.05) is 19.6 Å². The average Bonchev–Trinajstić information content (AvgIpc) is 3.16. The summed E-state index contributed by atoms with van der Waals surface area (Å²) in [6, 6.07) is -1.31. The number of nitrogens with one attached hydrogen (secondary N) is 5. The number of rotatable bonds is 26. The second-order valence-electron chi connectivity index (χ2n) is 20.2. The summed E-state index contributed by atoms with van der Waals surface area (Å²) in [5, 5.41) is 12.7. The van der Waals surface area contributed by atoms with E-state index in [1.165, 1.54) is 0 Å². The number of guanidine groups is 1. The number of alkyl carbamates (subject to hydrolysis) is 2. The molecule has 1 unspecified atom stereocenters. The summed E-state index contributed by atoms with van der Waals surface area (Å²) in [7, 11) is 0. The first-order chi connectivity index (χ1) is 31.7. The fraction of sp³-hybridized carbons (Fsp3) is 0.795. The number of alkyl halides is 3. The molecule has 0 aliphatic heterocycles. The summed E-state index contributed by atoms with van der Waals surface area (Å²) in [6.07, 6.45) is -2.93. The van der Waals surface area contributed by atoms with Gasteiger partial charge in [0.25, 0.3) is 0 Å². The third kappa shape index (κ3) is 32.9. The molecule has 0 saturated carbocycles. The standard InChI is InChI=1S/C44H75Br3N6O17/c1-38(2,3)68-35(59)51-28(22-50-34(52-36(60)69-39(4,5)6)53-37(61)70-40(7,8)9)30(55)49-17-19-63-21-20-62-18-16-48-29(54)23-64-24-44(25-65-31(56)41(10,11)45,26-66-32(57)42(12,13)46)27-67-33(58)43(14,15)47/h28H,16-27H2,1-15H3,(H,48,54)(H,49,55)(H,51,59)(H2,50,52,53,60,61). The van der Waals surface area contributed by atoms with Crippen LogP contribution in [0.2, 0.25) is 0 Å². The molecule has 0 aromatic rings. The first-order valence-electron chi connectivity index (χ1n) is 22.1. The minimum atomic E-state index is -1.41. The summed E-state index contributed by atoms with van der Waals surface area (Å²) >= 11 is 9.75. The Hall–Kier alpha value is -3.85. The summed E-state index contributed by atoms with van der Waals surface area (Å²) in [5.74, 6) is -3.56. The lowest BCUT2D eigenvalue weighted by atomic mass is 9.92. The van der Waals surface area contributed by atoms with Gasteiger partial charge >= 0.3 is 36.2 Å². The number of ether oxygens (including phenoxy) is 9. The molecular formula is C44H75Br3N6O17. The summed E-state index contributed by atoms with van der Waals surface area (Å²) in [6.45, 7) is 22.3. The van der Waals surface area contributed by atoms with Gasteiger partial charge in [0.05, 0.1) is 38.4 Å². The van der Waals surface area contributed by atoms with Crippen LogP contribution in [0.4, 0.5) is 14.4 Å². The monoisotopic (exact) mass is 1200 g/mol. The number of hydrogen-bond donors (Lipinski definition) is 5. The summed E-state index contributed by atoms with van der Waals surface area (Å²) in [5.41, 5.74) is -4.12. The van der Waals surface area contributed by atoms with Crippen LogP contribution in [0, 0.1) is 5.41 Å². The second kappa shape index (κ2) is 29.6. The predicted molar refractivity (Wildman–Crippen MR) is 267 cm³/mol. The van der Waals surface area contributed by atoms with E-state index < -0.39 is 122 Å². The van der Waals surface area contributed by atoms with Gasteiger partial charge in [-0.3, -0.25) is 29.3 Å². The van der Waals surface area contributed by atoms with Crippen molar-refractivity contribution in [1.29, 1.82) is 0 Å². The first kappa shape index (κ1) is 66.1. The highest BCUT2D eigenvalue weighted by molar-refractivity contribution is 9.10. The molecule has 1 atom stereocenters. The van der Waals surface area contributed by atoms with Crippen molar-refractivity contribution in [1.82, 2.24) is 26.6 Å². The van der Waals surface area contributed by atoms with E-state index in [1.54, 1.807) is 104 Å². The Balaban J connectivity index is 5.35. The van der Waals surface area contributed by atoms with E-state index in [1.807, 2.05) is 0 Å². The van der Waals surface area contributed by atoms with Gasteiger partial charge in [-0.2, -0.15) is 0 Å². The Labute approximate surface area is 436 Å². The van der Waals surface area contributed by atoms with Crippen molar-refractivity contribution in [2.24, 2.45) is 10.4 Å². The molecule has 5 N–H and O–H groups in total. The maximum absolute atomic E-state index is 13.3. The molecule has 0 fully saturated rings. The van der Waals surface area contributed by atoms with Gasteiger partial charge in [0.15, 0.2) is 0 Å². The molecule has 0 aromatic carbocycles. The van der Waals surface area contributed by atoms with Gasteiger partial charge in [-0.05, 0) is 104 Å². The fourth-order valence-electron chi connectivity index (χ4n) is 4.53. The van der Waals surface area contributed by atoms with Crippen LogP contribution in [0.15, 0.2) is 4.99 Å². The normalized spacial score (nSPS) is 13.2. The van der Waals surface area contributed by atoms with E-state index in [0.717, 1.165) is 0 Å². The smallest absolute Gasteiger partial charge is 0.437 e. The molecule has 0 spiro atoms. The molecular weight excluding hydrogens is 1120 g/mol. The number of aliphatic imine (C=N–C) groups is 1.